The van der Waals surface area contributed by atoms with E-state index in [2.05, 4.69) is 16.5 Å². The molecule has 0 saturated heterocycles. The van der Waals surface area contributed by atoms with Crippen molar-refractivity contribution in [2.45, 2.75) is 27.0 Å². The first-order valence-corrected chi connectivity index (χ1v) is 8.47. The molecule has 0 aliphatic carbocycles. The van der Waals surface area contributed by atoms with E-state index in [1.165, 1.54) is 5.56 Å². The minimum Gasteiger partial charge on any atom is -0.486 e. The number of imidazole rings is 1. The summed E-state index contributed by atoms with van der Waals surface area (Å²) in [4.78, 5) is 4.69. The molecule has 0 radical (unpaired) electrons. The molecule has 126 valence electrons. The van der Waals surface area contributed by atoms with Crippen LogP contribution in [0, 0.1) is 6.92 Å². The first-order valence-electron chi connectivity index (χ1n) is 8.09. The van der Waals surface area contributed by atoms with Gasteiger partial charge in [-0.05, 0) is 44.2 Å². The van der Waals surface area contributed by atoms with Gasteiger partial charge in [-0.3, -0.25) is 0 Å². The number of hydrogen-bond acceptors (Lipinski definition) is 3. The lowest BCUT2D eigenvalue weighted by molar-refractivity contribution is 0.138. The van der Waals surface area contributed by atoms with Crippen LogP contribution in [0.1, 0.15) is 18.3 Å². The van der Waals surface area contributed by atoms with Gasteiger partial charge in [-0.1, -0.05) is 29.3 Å². The molecule has 1 aromatic heterocycles. The Morgan fingerprint density at radius 3 is 2.67 bits per heavy atom. The molecule has 0 unspecified atom stereocenters. The summed E-state index contributed by atoms with van der Waals surface area (Å²) in [5, 5.41) is 0.700. The fourth-order valence-electron chi connectivity index (χ4n) is 2.59. The Bertz CT molecular complexity index is 812. The predicted molar refractivity (Wildman–Crippen MR) is 96.7 cm³/mol. The zero-order valence-corrected chi connectivity index (χ0v) is 14.7. The highest BCUT2D eigenvalue weighted by atomic mass is 35.5. The summed E-state index contributed by atoms with van der Waals surface area (Å²) in [6, 6.07) is 13.7. The second kappa shape index (κ2) is 7.69. The quantitative estimate of drug-likeness (QED) is 0.587. The third-order valence-corrected chi connectivity index (χ3v) is 4.08. The maximum absolute atomic E-state index is 6.15. The number of ether oxygens (including phenoxy) is 2. The van der Waals surface area contributed by atoms with Crippen molar-refractivity contribution in [1.29, 1.82) is 0 Å². The monoisotopic (exact) mass is 344 g/mol. The van der Waals surface area contributed by atoms with Gasteiger partial charge in [-0.15, -0.1) is 0 Å². The largest absolute Gasteiger partial charge is 0.486 e. The van der Waals surface area contributed by atoms with Gasteiger partial charge in [0, 0.05) is 18.2 Å². The number of benzene rings is 2. The fraction of sp³-hybridized carbons (Fsp3) is 0.316. The van der Waals surface area contributed by atoms with Crippen LogP contribution in [-0.4, -0.2) is 22.8 Å². The summed E-state index contributed by atoms with van der Waals surface area (Å²) < 4.78 is 13.5. The Kier molecular flexibility index (Phi) is 5.38. The molecular formula is C19H21ClN2O2. The molecular weight excluding hydrogens is 324 g/mol. The molecule has 0 bridgehead atoms. The van der Waals surface area contributed by atoms with Gasteiger partial charge in [0.05, 0.1) is 17.6 Å². The standard InChI is InChI=1S/C19H21ClN2O2/c1-3-23-11-10-22-18-12-15(20)6-9-17(18)21-19(22)13-24-16-7-4-14(2)5-8-16/h4-9,12H,3,10-11,13H2,1-2H3. The molecule has 3 rings (SSSR count). The second-order valence-electron chi connectivity index (χ2n) is 5.61. The first kappa shape index (κ1) is 16.8. The minimum atomic E-state index is 0.404. The fourth-order valence-corrected chi connectivity index (χ4v) is 2.75. The van der Waals surface area contributed by atoms with Crippen molar-refractivity contribution in [3.63, 3.8) is 0 Å². The van der Waals surface area contributed by atoms with Crippen molar-refractivity contribution in [2.24, 2.45) is 0 Å². The molecule has 3 aromatic rings. The van der Waals surface area contributed by atoms with E-state index in [1.54, 1.807) is 0 Å². The summed E-state index contributed by atoms with van der Waals surface area (Å²) in [5.41, 5.74) is 3.13. The van der Waals surface area contributed by atoms with E-state index in [9.17, 15) is 0 Å². The van der Waals surface area contributed by atoms with E-state index >= 15 is 0 Å². The highest BCUT2D eigenvalue weighted by Gasteiger charge is 2.12. The molecule has 0 spiro atoms. The van der Waals surface area contributed by atoms with Gasteiger partial charge in [0.2, 0.25) is 0 Å². The molecule has 1 heterocycles. The van der Waals surface area contributed by atoms with Gasteiger partial charge < -0.3 is 14.0 Å². The van der Waals surface area contributed by atoms with Gasteiger partial charge >= 0.3 is 0 Å². The van der Waals surface area contributed by atoms with Gasteiger partial charge in [0.15, 0.2) is 0 Å². The van der Waals surface area contributed by atoms with Crippen molar-refractivity contribution in [3.05, 3.63) is 58.9 Å². The normalized spacial score (nSPS) is 11.1. The Labute approximate surface area is 147 Å². The van der Waals surface area contributed by atoms with Gasteiger partial charge in [0.25, 0.3) is 0 Å². The van der Waals surface area contributed by atoms with E-state index in [1.807, 2.05) is 49.4 Å². The third-order valence-electron chi connectivity index (χ3n) is 3.84. The number of rotatable bonds is 7. The number of aromatic nitrogens is 2. The Morgan fingerprint density at radius 1 is 1.12 bits per heavy atom. The summed E-state index contributed by atoms with van der Waals surface area (Å²) in [6.07, 6.45) is 0. The van der Waals surface area contributed by atoms with Crippen molar-refractivity contribution in [2.75, 3.05) is 13.2 Å². The lowest BCUT2D eigenvalue weighted by Gasteiger charge is -2.11. The Hall–Kier alpha value is -2.04. The molecule has 0 saturated carbocycles. The average molecular weight is 345 g/mol. The average Bonchev–Trinajstić information content (AvgIpc) is 2.92. The van der Waals surface area contributed by atoms with Crippen molar-refractivity contribution < 1.29 is 9.47 Å². The molecule has 0 aliphatic heterocycles. The van der Waals surface area contributed by atoms with E-state index in [4.69, 9.17) is 21.1 Å². The molecule has 2 aromatic carbocycles. The lowest BCUT2D eigenvalue weighted by atomic mass is 10.2. The van der Waals surface area contributed by atoms with Crippen molar-refractivity contribution in [3.8, 4) is 5.75 Å². The summed E-state index contributed by atoms with van der Waals surface area (Å²) >= 11 is 6.15. The van der Waals surface area contributed by atoms with E-state index in [0.717, 1.165) is 29.2 Å². The van der Waals surface area contributed by atoms with E-state index < -0.39 is 0 Å². The molecule has 0 fully saturated rings. The number of halogens is 1. The van der Waals surface area contributed by atoms with Gasteiger partial charge in [-0.25, -0.2) is 4.98 Å². The molecule has 4 nitrogen and oxygen atoms in total. The van der Waals surface area contributed by atoms with Crippen LogP contribution >= 0.6 is 11.6 Å². The van der Waals surface area contributed by atoms with Gasteiger partial charge in [-0.2, -0.15) is 0 Å². The number of fused-ring (bicyclic) bond motifs is 1. The minimum absolute atomic E-state index is 0.404. The Balaban J connectivity index is 1.84. The number of aryl methyl sites for hydroxylation is 1. The topological polar surface area (TPSA) is 36.3 Å². The van der Waals surface area contributed by atoms with Crippen LogP contribution in [-0.2, 0) is 17.9 Å². The van der Waals surface area contributed by atoms with E-state index in [0.29, 0.717) is 24.8 Å². The molecule has 5 heteroatoms. The first-order chi connectivity index (χ1) is 11.7. The number of nitrogens with zero attached hydrogens (tertiary/aromatic N) is 2. The van der Waals surface area contributed by atoms with Crippen LogP contribution < -0.4 is 4.74 Å². The van der Waals surface area contributed by atoms with Crippen molar-refractivity contribution >= 4 is 22.6 Å². The summed E-state index contributed by atoms with van der Waals surface area (Å²) in [7, 11) is 0. The van der Waals surface area contributed by atoms with Gasteiger partial charge in [0.1, 0.15) is 18.2 Å². The maximum Gasteiger partial charge on any atom is 0.148 e. The van der Waals surface area contributed by atoms with Crippen LogP contribution in [0.4, 0.5) is 0 Å². The molecule has 24 heavy (non-hydrogen) atoms. The molecule has 0 aliphatic rings. The van der Waals surface area contributed by atoms with Crippen LogP contribution in [0.2, 0.25) is 5.02 Å². The second-order valence-corrected chi connectivity index (χ2v) is 6.05. The lowest BCUT2D eigenvalue weighted by Crippen LogP contribution is -2.11. The third kappa shape index (κ3) is 3.89. The zero-order valence-electron chi connectivity index (χ0n) is 14.0. The highest BCUT2D eigenvalue weighted by Crippen LogP contribution is 2.22. The van der Waals surface area contributed by atoms with Crippen LogP contribution in [0.25, 0.3) is 11.0 Å². The summed E-state index contributed by atoms with van der Waals surface area (Å²) in [6.45, 7) is 6.50. The van der Waals surface area contributed by atoms with Crippen LogP contribution in [0.15, 0.2) is 42.5 Å². The Morgan fingerprint density at radius 2 is 1.92 bits per heavy atom. The molecule has 0 N–H and O–H groups in total. The van der Waals surface area contributed by atoms with E-state index in [-0.39, 0.29) is 0 Å². The van der Waals surface area contributed by atoms with Crippen LogP contribution in [0.3, 0.4) is 0 Å². The maximum atomic E-state index is 6.15. The smallest absolute Gasteiger partial charge is 0.148 e. The van der Waals surface area contributed by atoms with Crippen molar-refractivity contribution in [1.82, 2.24) is 9.55 Å². The molecule has 0 amide bonds. The predicted octanol–water partition coefficient (Wildman–Crippen LogP) is 4.61. The molecule has 0 atom stereocenters. The SMILES string of the molecule is CCOCCn1c(COc2ccc(C)cc2)nc2ccc(Cl)cc21. The highest BCUT2D eigenvalue weighted by molar-refractivity contribution is 6.31. The number of hydrogen-bond donors (Lipinski definition) is 0. The zero-order chi connectivity index (χ0) is 16.9. The van der Waals surface area contributed by atoms with Crippen LogP contribution in [0.5, 0.6) is 5.75 Å². The summed E-state index contributed by atoms with van der Waals surface area (Å²) in [5.74, 6) is 1.70.